The zero-order chi connectivity index (χ0) is 12.8. The first-order chi connectivity index (χ1) is 8.08. The monoisotopic (exact) mass is 235 g/mol. The maximum Gasteiger partial charge on any atom is 0.308 e. The Morgan fingerprint density at radius 3 is 2.29 bits per heavy atom. The Hall–Kier alpha value is -1.51. The van der Waals surface area contributed by atoms with Gasteiger partial charge in [-0.25, -0.2) is 0 Å². The molecule has 94 valence electrons. The van der Waals surface area contributed by atoms with Gasteiger partial charge in [0, 0.05) is 18.8 Å². The molecular formula is C14H21NO2. The van der Waals surface area contributed by atoms with Gasteiger partial charge >= 0.3 is 5.97 Å². The van der Waals surface area contributed by atoms with Crippen LogP contribution in [0.1, 0.15) is 26.3 Å². The number of hydrogen-bond donors (Lipinski definition) is 1. The van der Waals surface area contributed by atoms with E-state index in [1.807, 2.05) is 6.92 Å². The van der Waals surface area contributed by atoms with Gasteiger partial charge in [0.1, 0.15) is 0 Å². The highest BCUT2D eigenvalue weighted by atomic mass is 16.4. The first-order valence-corrected chi connectivity index (χ1v) is 6.15. The lowest BCUT2D eigenvalue weighted by molar-refractivity contribution is -0.140. The van der Waals surface area contributed by atoms with Crippen molar-refractivity contribution in [2.24, 2.45) is 5.92 Å². The molecule has 0 aliphatic heterocycles. The van der Waals surface area contributed by atoms with Crippen LogP contribution >= 0.6 is 0 Å². The van der Waals surface area contributed by atoms with Crippen LogP contribution < -0.4 is 4.90 Å². The van der Waals surface area contributed by atoms with Crippen molar-refractivity contribution in [1.82, 2.24) is 0 Å². The average Bonchev–Trinajstić information content (AvgIpc) is 2.35. The van der Waals surface area contributed by atoms with Gasteiger partial charge in [0.2, 0.25) is 0 Å². The van der Waals surface area contributed by atoms with Gasteiger partial charge in [-0.3, -0.25) is 4.79 Å². The van der Waals surface area contributed by atoms with Crippen LogP contribution in [0.15, 0.2) is 24.3 Å². The molecule has 1 N–H and O–H groups in total. The average molecular weight is 235 g/mol. The molecule has 0 amide bonds. The zero-order valence-electron chi connectivity index (χ0n) is 10.8. The van der Waals surface area contributed by atoms with Gasteiger partial charge < -0.3 is 10.0 Å². The van der Waals surface area contributed by atoms with Crippen molar-refractivity contribution in [3.63, 3.8) is 0 Å². The summed E-state index contributed by atoms with van der Waals surface area (Å²) in [6, 6.07) is 8.33. The van der Waals surface area contributed by atoms with E-state index in [-0.39, 0.29) is 5.92 Å². The van der Waals surface area contributed by atoms with Crippen LogP contribution in [0.25, 0.3) is 0 Å². The molecule has 0 bridgehead atoms. The van der Waals surface area contributed by atoms with Gasteiger partial charge in [0.05, 0.1) is 5.92 Å². The molecule has 17 heavy (non-hydrogen) atoms. The number of carbonyl (C=O) groups is 1. The van der Waals surface area contributed by atoms with Crippen molar-refractivity contribution in [3.8, 4) is 0 Å². The van der Waals surface area contributed by atoms with E-state index in [4.69, 9.17) is 5.11 Å². The third-order valence-electron chi connectivity index (χ3n) is 3.01. The van der Waals surface area contributed by atoms with E-state index in [2.05, 4.69) is 36.1 Å². The Morgan fingerprint density at radius 1 is 1.29 bits per heavy atom. The summed E-state index contributed by atoms with van der Waals surface area (Å²) < 4.78 is 0. The normalized spacial score (nSPS) is 12.2. The molecule has 1 aromatic rings. The maximum atomic E-state index is 10.9. The highest BCUT2D eigenvalue weighted by molar-refractivity contribution is 5.70. The molecule has 3 nitrogen and oxygen atoms in total. The van der Waals surface area contributed by atoms with Crippen LogP contribution in [0.5, 0.6) is 0 Å². The number of carboxylic acid groups (broad SMARTS) is 1. The van der Waals surface area contributed by atoms with E-state index in [0.29, 0.717) is 6.54 Å². The quantitative estimate of drug-likeness (QED) is 0.824. The molecule has 1 aromatic carbocycles. The summed E-state index contributed by atoms with van der Waals surface area (Å²) in [5.74, 6) is -1.09. The summed E-state index contributed by atoms with van der Waals surface area (Å²) in [7, 11) is 0. The van der Waals surface area contributed by atoms with E-state index in [9.17, 15) is 4.79 Å². The first kappa shape index (κ1) is 13.6. The molecule has 0 saturated heterocycles. The van der Waals surface area contributed by atoms with Gasteiger partial charge in [-0.2, -0.15) is 0 Å². The summed E-state index contributed by atoms with van der Waals surface area (Å²) in [6.07, 6.45) is 1.03. The maximum absolute atomic E-state index is 10.9. The standard InChI is InChI=1S/C14H21NO2/c1-4-12-6-8-13(9-7-12)15(5-2)10-11(3)14(16)17/h6-9,11H,4-5,10H2,1-3H3,(H,16,17). The second-order valence-electron chi connectivity index (χ2n) is 4.30. The summed E-state index contributed by atoms with van der Waals surface area (Å²) in [4.78, 5) is 13.0. The smallest absolute Gasteiger partial charge is 0.308 e. The van der Waals surface area contributed by atoms with E-state index in [0.717, 1.165) is 18.7 Å². The molecule has 0 aliphatic rings. The van der Waals surface area contributed by atoms with Crippen LogP contribution in [0.2, 0.25) is 0 Å². The third kappa shape index (κ3) is 3.77. The van der Waals surface area contributed by atoms with E-state index in [1.54, 1.807) is 6.92 Å². The van der Waals surface area contributed by atoms with Crippen LogP contribution in [-0.2, 0) is 11.2 Å². The number of aryl methyl sites for hydroxylation is 1. The van der Waals surface area contributed by atoms with Gasteiger partial charge in [-0.15, -0.1) is 0 Å². The summed E-state index contributed by atoms with van der Waals surface area (Å²) in [5, 5.41) is 8.93. The van der Waals surface area contributed by atoms with E-state index < -0.39 is 5.97 Å². The molecule has 1 unspecified atom stereocenters. The predicted molar refractivity (Wildman–Crippen MR) is 70.5 cm³/mol. The Kier molecular flexibility index (Phi) is 5.01. The number of benzene rings is 1. The number of rotatable bonds is 6. The lowest BCUT2D eigenvalue weighted by atomic mass is 10.1. The van der Waals surface area contributed by atoms with E-state index >= 15 is 0 Å². The molecule has 0 spiro atoms. The summed E-state index contributed by atoms with van der Waals surface area (Å²) in [5.41, 5.74) is 2.40. The molecule has 0 aliphatic carbocycles. The zero-order valence-corrected chi connectivity index (χ0v) is 10.8. The molecule has 1 atom stereocenters. The lowest BCUT2D eigenvalue weighted by Crippen LogP contribution is -2.31. The molecular weight excluding hydrogens is 214 g/mol. The summed E-state index contributed by atoms with van der Waals surface area (Å²) >= 11 is 0. The Bertz CT molecular complexity index is 359. The van der Waals surface area contributed by atoms with Gasteiger partial charge in [0.25, 0.3) is 0 Å². The predicted octanol–water partition coefficient (Wildman–Crippen LogP) is 2.80. The fourth-order valence-corrected chi connectivity index (χ4v) is 1.77. The van der Waals surface area contributed by atoms with Crippen LogP contribution in [0.4, 0.5) is 5.69 Å². The van der Waals surface area contributed by atoms with Crippen LogP contribution in [0, 0.1) is 5.92 Å². The number of aliphatic carboxylic acids is 1. The van der Waals surface area contributed by atoms with E-state index in [1.165, 1.54) is 5.56 Å². The highest BCUT2D eigenvalue weighted by Crippen LogP contribution is 2.17. The molecule has 0 radical (unpaired) electrons. The topological polar surface area (TPSA) is 40.5 Å². The van der Waals surface area contributed by atoms with Crippen LogP contribution in [0.3, 0.4) is 0 Å². The molecule has 3 heteroatoms. The Morgan fingerprint density at radius 2 is 1.88 bits per heavy atom. The second kappa shape index (κ2) is 6.28. The van der Waals surface area contributed by atoms with Gasteiger partial charge in [-0.05, 0) is 31.0 Å². The number of anilines is 1. The minimum absolute atomic E-state index is 0.346. The van der Waals surface area contributed by atoms with Crippen molar-refractivity contribution in [1.29, 1.82) is 0 Å². The second-order valence-corrected chi connectivity index (χ2v) is 4.30. The highest BCUT2D eigenvalue weighted by Gasteiger charge is 2.15. The lowest BCUT2D eigenvalue weighted by Gasteiger charge is -2.25. The number of carboxylic acids is 1. The van der Waals surface area contributed by atoms with Crippen molar-refractivity contribution in [2.75, 3.05) is 18.0 Å². The Balaban J connectivity index is 2.75. The number of hydrogen-bond acceptors (Lipinski definition) is 2. The van der Waals surface area contributed by atoms with Crippen molar-refractivity contribution in [3.05, 3.63) is 29.8 Å². The largest absolute Gasteiger partial charge is 0.481 e. The third-order valence-corrected chi connectivity index (χ3v) is 3.01. The molecule has 1 rings (SSSR count). The molecule has 0 heterocycles. The minimum Gasteiger partial charge on any atom is -0.481 e. The van der Waals surface area contributed by atoms with Gasteiger partial charge in [-0.1, -0.05) is 26.0 Å². The van der Waals surface area contributed by atoms with Crippen molar-refractivity contribution >= 4 is 11.7 Å². The SMILES string of the molecule is CCc1ccc(N(CC)CC(C)C(=O)O)cc1. The summed E-state index contributed by atoms with van der Waals surface area (Å²) in [6.45, 7) is 7.28. The molecule has 0 fully saturated rings. The van der Waals surface area contributed by atoms with Crippen LogP contribution in [-0.4, -0.2) is 24.2 Å². The molecule has 0 aromatic heterocycles. The molecule has 0 saturated carbocycles. The van der Waals surface area contributed by atoms with Crippen molar-refractivity contribution in [2.45, 2.75) is 27.2 Å². The Labute approximate surface area is 103 Å². The van der Waals surface area contributed by atoms with Gasteiger partial charge in [0.15, 0.2) is 0 Å². The fraction of sp³-hybridized carbons (Fsp3) is 0.500. The minimum atomic E-state index is -0.742. The fourth-order valence-electron chi connectivity index (χ4n) is 1.77. The number of nitrogens with zero attached hydrogens (tertiary/aromatic N) is 1. The van der Waals surface area contributed by atoms with Crippen molar-refractivity contribution < 1.29 is 9.90 Å². The first-order valence-electron chi connectivity index (χ1n) is 6.15.